The number of benzene rings is 4. The average Bonchev–Trinajstić information content (AvgIpc) is 3.40. The van der Waals surface area contributed by atoms with Crippen LogP contribution in [-0.2, 0) is 13.5 Å². The zero-order valence-electron chi connectivity index (χ0n) is 25.9. The summed E-state index contributed by atoms with van der Waals surface area (Å²) in [5.74, 6) is 0.816. The van der Waals surface area contributed by atoms with Crippen LogP contribution in [0.5, 0.6) is 5.75 Å². The smallest absolute Gasteiger partial charge is 0.0146 e. The summed E-state index contributed by atoms with van der Waals surface area (Å²) in [4.78, 5) is 9.26. The third-order valence-corrected chi connectivity index (χ3v) is 9.15. The Morgan fingerprint density at radius 1 is 0.721 bits per heavy atom. The fourth-order valence-electron chi connectivity index (χ4n) is 5.71. The summed E-state index contributed by atoms with van der Waals surface area (Å²) in [5, 5.41) is 0. The zero-order valence-corrected chi connectivity index (χ0v) is 29.2. The van der Waals surface area contributed by atoms with Crippen molar-refractivity contribution < 1.29 is 18.3 Å². The Morgan fingerprint density at radius 3 is 1.63 bits per heavy atom. The van der Waals surface area contributed by atoms with Crippen LogP contribution in [0.3, 0.4) is 0 Å². The molecule has 43 heavy (non-hydrogen) atoms. The minimum Gasteiger partial charge on any atom is -0.502 e. The number of aryl methyl sites for hydroxylation is 6. The first-order valence-corrected chi connectivity index (χ1v) is 19.7. The second-order valence-corrected chi connectivity index (χ2v) is 16.6. The predicted molar refractivity (Wildman–Crippen MR) is 184 cm³/mol. The second kappa shape index (κ2) is 15.2. The molecule has 0 aliphatic carbocycles. The minimum atomic E-state index is -1.83. The largest absolute Gasteiger partial charge is 0.502 e. The maximum Gasteiger partial charge on any atom is 0.0146 e. The predicted octanol–water partition coefficient (Wildman–Crippen LogP) is 9.50. The normalized spacial score (nSPS) is 13.2. The Labute approximate surface area is 270 Å². The SMILES string of the molecule is COc1ccc(N=Cc2ccccc2[CH]=[Ru]([Cl])[Cl])cc1.Cc1cc(C)c(N2[CH-]N(c3c(C)cc(C)cc3C)CC2)c(C)c1. The van der Waals surface area contributed by atoms with E-state index in [2.05, 4.69) is 87.3 Å². The van der Waals surface area contributed by atoms with Crippen molar-refractivity contribution in [3.8, 4) is 5.75 Å². The standard InChI is InChI=1S/C21H27N2.C15H13NO.2ClH.Ru/c1-14-9-16(3)20(17(4)10-14)22-7-8-23(13-22)21-18(5)11-15(2)12-19(21)6;1-12-5-3-4-6-13(12)11-16-14-7-9-15(17-2)10-8-14;;;/h9-13H,7-8H2,1-6H3;1,3-11H,2H3;2*1H;/q-1;;;;+2/p-2. The van der Waals surface area contributed by atoms with Gasteiger partial charge in [-0.1, -0.05) is 35.4 Å². The number of anilines is 2. The summed E-state index contributed by atoms with van der Waals surface area (Å²) >= 11 is -1.83. The van der Waals surface area contributed by atoms with Gasteiger partial charge >= 0.3 is 132 Å². The van der Waals surface area contributed by atoms with Gasteiger partial charge < -0.3 is 9.80 Å². The van der Waals surface area contributed by atoms with Crippen LogP contribution < -0.4 is 14.5 Å². The summed E-state index contributed by atoms with van der Waals surface area (Å²) in [6.45, 7) is 17.6. The Bertz CT molecular complexity index is 1520. The monoisotopic (exact) mass is 702 g/mol. The summed E-state index contributed by atoms with van der Waals surface area (Å²) in [5.41, 5.74) is 13.7. The zero-order chi connectivity index (χ0) is 31.1. The maximum absolute atomic E-state index is 5.93. The molecule has 0 unspecified atom stereocenters. The van der Waals surface area contributed by atoms with E-state index in [1.54, 1.807) is 7.11 Å². The van der Waals surface area contributed by atoms with Crippen LogP contribution in [-0.4, -0.2) is 31.0 Å². The van der Waals surface area contributed by atoms with Gasteiger partial charge in [0.2, 0.25) is 0 Å². The van der Waals surface area contributed by atoms with Crippen LogP contribution in [0, 0.1) is 48.2 Å². The van der Waals surface area contributed by atoms with Gasteiger partial charge in [0.15, 0.2) is 0 Å². The second-order valence-electron chi connectivity index (χ2n) is 10.9. The first kappa shape index (κ1) is 32.9. The van der Waals surface area contributed by atoms with Crippen LogP contribution in [0.25, 0.3) is 0 Å². The van der Waals surface area contributed by atoms with Crippen LogP contribution in [0.1, 0.15) is 44.5 Å². The van der Waals surface area contributed by atoms with Crippen molar-refractivity contribution in [1.29, 1.82) is 0 Å². The molecule has 4 aromatic carbocycles. The van der Waals surface area contributed by atoms with Crippen LogP contribution in [0.2, 0.25) is 0 Å². The molecule has 0 N–H and O–H groups in total. The van der Waals surface area contributed by atoms with Gasteiger partial charge in [0, 0.05) is 24.5 Å². The molecule has 0 aromatic heterocycles. The number of methoxy groups -OCH3 is 1. The third-order valence-electron chi connectivity index (χ3n) is 7.31. The molecule has 0 bridgehead atoms. The first-order valence-electron chi connectivity index (χ1n) is 14.2. The minimum absolute atomic E-state index is 0.816. The Hall–Kier alpha value is -2.98. The fraction of sp³-hybridized carbons (Fsp3) is 0.250. The van der Waals surface area contributed by atoms with E-state index in [0.717, 1.165) is 35.7 Å². The first-order chi connectivity index (χ1) is 20.5. The molecule has 228 valence electrons. The van der Waals surface area contributed by atoms with E-state index in [0.29, 0.717) is 0 Å². The molecule has 5 rings (SSSR count). The molecular weight excluding hydrogens is 662 g/mol. The van der Waals surface area contributed by atoms with Crippen molar-refractivity contribution in [2.24, 2.45) is 4.99 Å². The van der Waals surface area contributed by atoms with Gasteiger partial charge in [-0.15, -0.1) is 0 Å². The van der Waals surface area contributed by atoms with E-state index < -0.39 is 13.5 Å². The molecule has 0 amide bonds. The Kier molecular flexibility index (Phi) is 11.6. The van der Waals surface area contributed by atoms with E-state index in [9.17, 15) is 0 Å². The molecule has 1 aliphatic heterocycles. The quantitative estimate of drug-likeness (QED) is 0.114. The van der Waals surface area contributed by atoms with Crippen LogP contribution >= 0.6 is 19.4 Å². The van der Waals surface area contributed by atoms with Gasteiger partial charge in [-0.05, 0) is 63.8 Å². The fourth-order valence-corrected chi connectivity index (χ4v) is 7.56. The Balaban J connectivity index is 0.000000199. The number of rotatable bonds is 6. The van der Waals surface area contributed by atoms with Crippen molar-refractivity contribution >= 4 is 47.3 Å². The van der Waals surface area contributed by atoms with Crippen molar-refractivity contribution in [2.45, 2.75) is 41.5 Å². The van der Waals surface area contributed by atoms with Crippen molar-refractivity contribution in [2.75, 3.05) is 30.0 Å². The molecule has 0 atom stereocenters. The van der Waals surface area contributed by atoms with Crippen molar-refractivity contribution in [1.82, 2.24) is 0 Å². The van der Waals surface area contributed by atoms with Gasteiger partial charge in [0.1, 0.15) is 0 Å². The van der Waals surface area contributed by atoms with Gasteiger partial charge in [-0.25, -0.2) is 0 Å². The molecule has 0 saturated carbocycles. The summed E-state index contributed by atoms with van der Waals surface area (Å²) in [7, 11) is 13.5. The van der Waals surface area contributed by atoms with E-state index in [1.807, 2.05) is 59.4 Å². The number of halogens is 2. The summed E-state index contributed by atoms with van der Waals surface area (Å²) < 4.78 is 7.03. The van der Waals surface area contributed by atoms with E-state index in [4.69, 9.17) is 24.1 Å². The van der Waals surface area contributed by atoms with Gasteiger partial charge in [-0.2, -0.15) is 6.67 Å². The van der Waals surface area contributed by atoms with Crippen molar-refractivity contribution in [3.05, 3.63) is 124 Å². The molecule has 0 spiro atoms. The molecule has 1 heterocycles. The third kappa shape index (κ3) is 8.79. The molecule has 4 aromatic rings. The van der Waals surface area contributed by atoms with Gasteiger partial charge in [0.05, 0.1) is 0 Å². The summed E-state index contributed by atoms with van der Waals surface area (Å²) in [6, 6.07) is 24.6. The Morgan fingerprint density at radius 2 is 1.19 bits per heavy atom. The molecule has 1 aliphatic rings. The molecular formula is C36H40Cl2N3ORu-. The topological polar surface area (TPSA) is 28.1 Å². The number of hydrogen-bond acceptors (Lipinski definition) is 4. The van der Waals surface area contributed by atoms with Crippen LogP contribution in [0.4, 0.5) is 17.1 Å². The number of ether oxygens (including phenoxy) is 1. The van der Waals surface area contributed by atoms with E-state index in [1.165, 1.54) is 44.8 Å². The van der Waals surface area contributed by atoms with Crippen molar-refractivity contribution in [3.63, 3.8) is 0 Å². The van der Waals surface area contributed by atoms with E-state index >= 15 is 0 Å². The molecule has 7 heteroatoms. The number of hydrogen-bond donors (Lipinski definition) is 0. The van der Waals surface area contributed by atoms with E-state index in [-0.39, 0.29) is 0 Å². The van der Waals surface area contributed by atoms with Gasteiger partial charge in [0.25, 0.3) is 0 Å². The molecule has 0 radical (unpaired) electrons. The number of aliphatic imine (C=N–C) groups is 1. The van der Waals surface area contributed by atoms with Gasteiger partial charge in [-0.3, -0.25) is 0 Å². The molecule has 4 nitrogen and oxygen atoms in total. The molecule has 1 fully saturated rings. The van der Waals surface area contributed by atoms with Crippen LogP contribution in [0.15, 0.2) is 77.8 Å². The number of nitrogens with zero attached hydrogens (tertiary/aromatic N) is 3. The molecule has 1 saturated heterocycles. The average molecular weight is 703 g/mol. The maximum atomic E-state index is 5.93. The summed E-state index contributed by atoms with van der Waals surface area (Å²) in [6.07, 6.45) is 1.82.